The standard InChI is InChI=1S/C10H10BrN5O2/c1-6(15-10(17)18)9-13-5-14-16(9)8-3-2-7(11)4-12-8/h2-6,15H,1H3,(H,17,18)/t6-/m0/s1. The molecule has 2 rings (SSSR count). The molecule has 0 radical (unpaired) electrons. The fraction of sp³-hybridized carbons (Fsp3) is 0.200. The highest BCUT2D eigenvalue weighted by molar-refractivity contribution is 9.10. The maximum Gasteiger partial charge on any atom is 0.405 e. The van der Waals surface area contributed by atoms with Gasteiger partial charge in [-0.3, -0.25) is 0 Å². The quantitative estimate of drug-likeness (QED) is 0.900. The van der Waals surface area contributed by atoms with E-state index in [9.17, 15) is 4.79 Å². The van der Waals surface area contributed by atoms with Crippen LogP contribution in [-0.2, 0) is 0 Å². The molecule has 0 saturated heterocycles. The number of halogens is 1. The number of amides is 1. The van der Waals surface area contributed by atoms with Crippen molar-refractivity contribution < 1.29 is 9.90 Å². The second kappa shape index (κ2) is 5.13. The molecule has 1 amide bonds. The number of carbonyl (C=O) groups is 1. The number of nitrogens with one attached hydrogen (secondary N) is 1. The predicted molar refractivity (Wildman–Crippen MR) is 66.4 cm³/mol. The molecule has 2 heterocycles. The van der Waals surface area contributed by atoms with Crippen LogP contribution in [0, 0.1) is 0 Å². The lowest BCUT2D eigenvalue weighted by atomic mass is 10.3. The first-order chi connectivity index (χ1) is 8.58. The van der Waals surface area contributed by atoms with Crippen LogP contribution in [0.3, 0.4) is 0 Å². The maximum atomic E-state index is 10.6. The van der Waals surface area contributed by atoms with Gasteiger partial charge in [-0.2, -0.15) is 9.78 Å². The zero-order valence-corrected chi connectivity index (χ0v) is 11.0. The van der Waals surface area contributed by atoms with Gasteiger partial charge in [-0.1, -0.05) is 0 Å². The van der Waals surface area contributed by atoms with Crippen molar-refractivity contribution in [3.63, 3.8) is 0 Å². The molecule has 0 unspecified atom stereocenters. The minimum absolute atomic E-state index is 0.476. The van der Waals surface area contributed by atoms with Crippen LogP contribution in [0.5, 0.6) is 0 Å². The predicted octanol–water partition coefficient (Wildman–Crippen LogP) is 1.75. The Morgan fingerprint density at radius 3 is 2.89 bits per heavy atom. The van der Waals surface area contributed by atoms with Crippen molar-refractivity contribution in [2.45, 2.75) is 13.0 Å². The van der Waals surface area contributed by atoms with Crippen LogP contribution in [0.25, 0.3) is 5.82 Å². The first kappa shape index (κ1) is 12.5. The van der Waals surface area contributed by atoms with Crippen molar-refractivity contribution >= 4 is 22.0 Å². The molecule has 2 aromatic heterocycles. The molecule has 0 aromatic carbocycles. The average molecular weight is 312 g/mol. The molecule has 0 aliphatic heterocycles. The molecule has 8 heteroatoms. The maximum absolute atomic E-state index is 10.6. The molecule has 94 valence electrons. The summed E-state index contributed by atoms with van der Waals surface area (Å²) in [6.45, 7) is 1.69. The number of carboxylic acid groups (broad SMARTS) is 1. The lowest BCUT2D eigenvalue weighted by Gasteiger charge is -2.11. The highest BCUT2D eigenvalue weighted by Crippen LogP contribution is 2.15. The van der Waals surface area contributed by atoms with Gasteiger partial charge in [0, 0.05) is 10.7 Å². The van der Waals surface area contributed by atoms with Gasteiger partial charge in [0.25, 0.3) is 0 Å². The van der Waals surface area contributed by atoms with Crippen LogP contribution in [0.1, 0.15) is 18.8 Å². The summed E-state index contributed by atoms with van der Waals surface area (Å²) in [7, 11) is 0. The van der Waals surface area contributed by atoms with Crippen LogP contribution < -0.4 is 5.32 Å². The third-order valence-corrected chi connectivity index (χ3v) is 2.70. The van der Waals surface area contributed by atoms with E-state index in [1.807, 2.05) is 6.07 Å². The van der Waals surface area contributed by atoms with E-state index in [0.717, 1.165) is 4.47 Å². The summed E-state index contributed by atoms with van der Waals surface area (Å²) in [6.07, 6.45) is 1.88. The van der Waals surface area contributed by atoms with Crippen molar-refractivity contribution in [2.24, 2.45) is 0 Å². The fourth-order valence-electron chi connectivity index (χ4n) is 1.47. The first-order valence-corrected chi connectivity index (χ1v) is 5.88. The lowest BCUT2D eigenvalue weighted by Crippen LogP contribution is -2.27. The highest BCUT2D eigenvalue weighted by Gasteiger charge is 2.16. The number of hydrogen-bond donors (Lipinski definition) is 2. The van der Waals surface area contributed by atoms with E-state index >= 15 is 0 Å². The van der Waals surface area contributed by atoms with Gasteiger partial charge < -0.3 is 10.4 Å². The van der Waals surface area contributed by atoms with E-state index in [1.165, 1.54) is 11.0 Å². The molecule has 1 atom stereocenters. The number of nitrogens with zero attached hydrogens (tertiary/aromatic N) is 4. The molecule has 0 aliphatic rings. The molecule has 0 saturated carbocycles. The van der Waals surface area contributed by atoms with Crippen LogP contribution in [-0.4, -0.2) is 30.9 Å². The smallest absolute Gasteiger partial charge is 0.405 e. The Bertz CT molecular complexity index is 554. The van der Waals surface area contributed by atoms with E-state index in [1.54, 1.807) is 19.2 Å². The molecule has 0 spiro atoms. The van der Waals surface area contributed by atoms with Crippen LogP contribution >= 0.6 is 15.9 Å². The Hall–Kier alpha value is -1.96. The summed E-state index contributed by atoms with van der Waals surface area (Å²) in [5, 5.41) is 15.1. The molecule has 0 aliphatic carbocycles. The summed E-state index contributed by atoms with van der Waals surface area (Å²) >= 11 is 3.29. The van der Waals surface area contributed by atoms with Gasteiger partial charge >= 0.3 is 6.09 Å². The molecule has 0 bridgehead atoms. The molecule has 2 N–H and O–H groups in total. The second-order valence-electron chi connectivity index (χ2n) is 3.54. The van der Waals surface area contributed by atoms with Gasteiger partial charge in [0.1, 0.15) is 6.33 Å². The zero-order valence-electron chi connectivity index (χ0n) is 9.41. The van der Waals surface area contributed by atoms with Gasteiger partial charge in [-0.15, -0.1) is 0 Å². The van der Waals surface area contributed by atoms with Crippen LogP contribution in [0.4, 0.5) is 4.79 Å². The minimum atomic E-state index is -1.11. The second-order valence-corrected chi connectivity index (χ2v) is 4.45. The van der Waals surface area contributed by atoms with Gasteiger partial charge in [-0.05, 0) is 35.0 Å². The van der Waals surface area contributed by atoms with Crippen molar-refractivity contribution in [3.8, 4) is 5.82 Å². The van der Waals surface area contributed by atoms with Crippen molar-refractivity contribution in [1.29, 1.82) is 0 Å². The Morgan fingerprint density at radius 2 is 2.28 bits per heavy atom. The molecular formula is C10H10BrN5O2. The monoisotopic (exact) mass is 311 g/mol. The summed E-state index contributed by atoms with van der Waals surface area (Å²) < 4.78 is 2.34. The number of rotatable bonds is 3. The topological polar surface area (TPSA) is 92.9 Å². The normalized spacial score (nSPS) is 12.1. The Balaban J connectivity index is 2.32. The number of hydrogen-bond acceptors (Lipinski definition) is 4. The lowest BCUT2D eigenvalue weighted by molar-refractivity contribution is 0.190. The zero-order chi connectivity index (χ0) is 13.1. The molecule has 18 heavy (non-hydrogen) atoms. The van der Waals surface area contributed by atoms with Crippen LogP contribution in [0.2, 0.25) is 0 Å². The van der Waals surface area contributed by atoms with E-state index in [4.69, 9.17) is 5.11 Å². The third kappa shape index (κ3) is 2.65. The number of pyridine rings is 1. The van der Waals surface area contributed by atoms with E-state index < -0.39 is 12.1 Å². The summed E-state index contributed by atoms with van der Waals surface area (Å²) in [5.41, 5.74) is 0. The summed E-state index contributed by atoms with van der Waals surface area (Å²) in [5.74, 6) is 1.05. The van der Waals surface area contributed by atoms with Gasteiger partial charge in [0.2, 0.25) is 0 Å². The van der Waals surface area contributed by atoms with Crippen molar-refractivity contribution in [1.82, 2.24) is 25.1 Å². The van der Waals surface area contributed by atoms with Crippen molar-refractivity contribution in [3.05, 3.63) is 35.0 Å². The Labute approximate surface area is 111 Å². The molecule has 0 fully saturated rings. The molecular weight excluding hydrogens is 302 g/mol. The average Bonchev–Trinajstić information content (AvgIpc) is 2.78. The molecule has 2 aromatic rings. The van der Waals surface area contributed by atoms with Crippen molar-refractivity contribution in [2.75, 3.05) is 0 Å². The van der Waals surface area contributed by atoms with E-state index in [-0.39, 0.29) is 0 Å². The van der Waals surface area contributed by atoms with Gasteiger partial charge in [-0.25, -0.2) is 14.8 Å². The molecule has 7 nitrogen and oxygen atoms in total. The summed E-state index contributed by atoms with van der Waals surface area (Å²) in [6, 6.07) is 3.11. The summed E-state index contributed by atoms with van der Waals surface area (Å²) in [4.78, 5) is 18.8. The van der Waals surface area contributed by atoms with E-state index in [2.05, 4.69) is 36.3 Å². The third-order valence-electron chi connectivity index (χ3n) is 2.23. The largest absolute Gasteiger partial charge is 0.465 e. The van der Waals surface area contributed by atoms with Gasteiger partial charge in [0.15, 0.2) is 11.6 Å². The highest BCUT2D eigenvalue weighted by atomic mass is 79.9. The number of aromatic nitrogens is 4. The fourth-order valence-corrected chi connectivity index (χ4v) is 1.70. The Kier molecular flexibility index (Phi) is 3.56. The Morgan fingerprint density at radius 1 is 1.50 bits per heavy atom. The minimum Gasteiger partial charge on any atom is -0.465 e. The van der Waals surface area contributed by atoms with Crippen LogP contribution in [0.15, 0.2) is 29.1 Å². The van der Waals surface area contributed by atoms with E-state index in [0.29, 0.717) is 11.6 Å². The first-order valence-electron chi connectivity index (χ1n) is 5.09. The van der Waals surface area contributed by atoms with Gasteiger partial charge in [0.05, 0.1) is 6.04 Å². The SMILES string of the molecule is C[C@H](NC(=O)O)c1ncnn1-c1ccc(Br)cn1.